The molecule has 0 aliphatic rings. The topological polar surface area (TPSA) is 106 Å². The Hall–Kier alpha value is -2.51. The lowest BCUT2D eigenvalue weighted by molar-refractivity contribution is -0.124. The van der Waals surface area contributed by atoms with Crippen LogP contribution < -0.4 is 16.0 Å². The number of allylic oxidation sites excluding steroid dienone is 2. The van der Waals surface area contributed by atoms with Gasteiger partial charge in [-0.15, -0.1) is 13.2 Å². The second kappa shape index (κ2) is 17.0. The lowest BCUT2D eigenvalue weighted by atomic mass is 10.0. The fourth-order valence-corrected chi connectivity index (χ4v) is 3.30. The van der Waals surface area contributed by atoms with Crippen LogP contribution >= 0.6 is 0 Å². The highest BCUT2D eigenvalue weighted by atomic mass is 16.6. The number of hydrogen-bond acceptors (Lipinski definition) is 5. The van der Waals surface area contributed by atoms with Gasteiger partial charge in [0.15, 0.2) is 0 Å². The minimum absolute atomic E-state index is 0.0131. The van der Waals surface area contributed by atoms with Crippen LogP contribution in [0.2, 0.25) is 0 Å². The number of amides is 3. The van der Waals surface area contributed by atoms with E-state index >= 15 is 0 Å². The van der Waals surface area contributed by atoms with Crippen LogP contribution in [-0.4, -0.2) is 47.9 Å². The number of hydrogen-bond donors (Lipinski definition) is 3. The first kappa shape index (κ1) is 32.5. The first-order valence-electron chi connectivity index (χ1n) is 12.8. The summed E-state index contributed by atoms with van der Waals surface area (Å²) in [7, 11) is 0. The summed E-state index contributed by atoms with van der Waals surface area (Å²) in [6.07, 6.45) is 9.67. The maximum Gasteiger partial charge on any atom is 0.408 e. The summed E-state index contributed by atoms with van der Waals surface area (Å²) in [6, 6.07) is -0.716. The van der Waals surface area contributed by atoms with Crippen molar-refractivity contribution in [2.24, 2.45) is 0 Å². The highest BCUT2D eigenvalue weighted by Gasteiger charge is 2.25. The molecule has 3 amide bonds. The number of unbranched alkanes of at least 4 members (excludes halogenated alkanes) is 3. The van der Waals surface area contributed by atoms with Gasteiger partial charge in [0.05, 0.1) is 0 Å². The highest BCUT2D eigenvalue weighted by molar-refractivity contribution is 5.85. The molecule has 1 atom stereocenters. The zero-order chi connectivity index (χ0) is 26.9. The molecular formula is C27H49N3O5. The molecule has 8 nitrogen and oxygen atoms in total. The Labute approximate surface area is 212 Å². The summed E-state index contributed by atoms with van der Waals surface area (Å²) in [4.78, 5) is 37.3. The quantitative estimate of drug-likeness (QED) is 0.186. The van der Waals surface area contributed by atoms with Crippen molar-refractivity contribution in [3.05, 3.63) is 25.3 Å². The van der Waals surface area contributed by atoms with Crippen molar-refractivity contribution < 1.29 is 23.9 Å². The average molecular weight is 496 g/mol. The van der Waals surface area contributed by atoms with E-state index in [2.05, 4.69) is 29.1 Å². The number of alkyl carbamates (subject to hydrolysis) is 2. The number of rotatable bonds is 16. The number of carbonyl (C=O) groups is 3. The van der Waals surface area contributed by atoms with E-state index in [1.54, 1.807) is 41.5 Å². The van der Waals surface area contributed by atoms with Crippen molar-refractivity contribution in [2.75, 3.05) is 6.54 Å². The van der Waals surface area contributed by atoms with Gasteiger partial charge in [0.25, 0.3) is 0 Å². The summed E-state index contributed by atoms with van der Waals surface area (Å²) in [6.45, 7) is 18.7. The normalized spacial score (nSPS) is 12.4. The lowest BCUT2D eigenvalue weighted by Crippen LogP contribution is -2.50. The van der Waals surface area contributed by atoms with Crippen molar-refractivity contribution in [1.29, 1.82) is 0 Å². The average Bonchev–Trinajstić information content (AvgIpc) is 2.70. The third kappa shape index (κ3) is 19.5. The predicted molar refractivity (Wildman–Crippen MR) is 141 cm³/mol. The molecule has 0 rings (SSSR count). The molecule has 202 valence electrons. The molecule has 0 fully saturated rings. The molecule has 0 spiro atoms. The molecule has 0 aromatic carbocycles. The fourth-order valence-electron chi connectivity index (χ4n) is 3.30. The molecule has 0 saturated carbocycles. The maximum atomic E-state index is 13.1. The summed E-state index contributed by atoms with van der Waals surface area (Å²) in [5.74, 6) is -0.224. The molecule has 0 saturated heterocycles. The highest BCUT2D eigenvalue weighted by Crippen LogP contribution is 2.12. The van der Waals surface area contributed by atoms with Crippen molar-refractivity contribution in [1.82, 2.24) is 16.0 Å². The van der Waals surface area contributed by atoms with Gasteiger partial charge in [-0.1, -0.05) is 12.2 Å². The molecule has 0 radical (unpaired) electrons. The zero-order valence-electron chi connectivity index (χ0n) is 22.8. The van der Waals surface area contributed by atoms with Crippen LogP contribution in [0.25, 0.3) is 0 Å². The van der Waals surface area contributed by atoms with Crippen LogP contribution in [0.5, 0.6) is 0 Å². The molecule has 0 aliphatic heterocycles. The monoisotopic (exact) mass is 495 g/mol. The Balaban J connectivity index is 5.00. The van der Waals surface area contributed by atoms with Crippen LogP contribution in [0, 0.1) is 0 Å². The third-order valence-corrected chi connectivity index (χ3v) is 4.86. The van der Waals surface area contributed by atoms with E-state index in [9.17, 15) is 14.4 Å². The van der Waals surface area contributed by atoms with Crippen molar-refractivity contribution in [2.45, 2.75) is 123 Å². The number of ether oxygens (including phenoxy) is 2. The minimum atomic E-state index is -0.729. The van der Waals surface area contributed by atoms with Gasteiger partial charge in [-0.2, -0.15) is 0 Å². The molecule has 0 unspecified atom stereocenters. The van der Waals surface area contributed by atoms with E-state index in [1.807, 2.05) is 12.2 Å². The molecule has 0 bridgehead atoms. The van der Waals surface area contributed by atoms with Crippen LogP contribution in [-0.2, 0) is 14.3 Å². The van der Waals surface area contributed by atoms with E-state index in [-0.39, 0.29) is 11.9 Å². The Morgan fingerprint density at radius 2 is 1.26 bits per heavy atom. The Morgan fingerprint density at radius 3 is 1.74 bits per heavy atom. The largest absolute Gasteiger partial charge is 0.444 e. The maximum absolute atomic E-state index is 13.1. The van der Waals surface area contributed by atoms with Gasteiger partial charge in [-0.25, -0.2) is 9.59 Å². The first-order chi connectivity index (χ1) is 16.3. The minimum Gasteiger partial charge on any atom is -0.444 e. The van der Waals surface area contributed by atoms with Gasteiger partial charge in [0, 0.05) is 12.6 Å². The van der Waals surface area contributed by atoms with Crippen molar-refractivity contribution in [3.8, 4) is 0 Å². The molecule has 3 N–H and O–H groups in total. The van der Waals surface area contributed by atoms with Crippen LogP contribution in [0.4, 0.5) is 9.59 Å². The van der Waals surface area contributed by atoms with Gasteiger partial charge in [0.2, 0.25) is 5.91 Å². The summed E-state index contributed by atoms with van der Waals surface area (Å²) in [5.41, 5.74) is -1.22. The van der Waals surface area contributed by atoms with Crippen LogP contribution in [0.1, 0.15) is 99.3 Å². The van der Waals surface area contributed by atoms with E-state index in [0.29, 0.717) is 25.8 Å². The summed E-state index contributed by atoms with van der Waals surface area (Å²) in [5, 5.41) is 8.56. The van der Waals surface area contributed by atoms with Gasteiger partial charge in [-0.05, 0) is 99.3 Å². The van der Waals surface area contributed by atoms with Crippen LogP contribution in [0.15, 0.2) is 25.3 Å². The van der Waals surface area contributed by atoms with E-state index < -0.39 is 29.4 Å². The Kier molecular flexibility index (Phi) is 15.8. The number of nitrogens with one attached hydrogen (secondary N) is 3. The zero-order valence-corrected chi connectivity index (χ0v) is 22.8. The summed E-state index contributed by atoms with van der Waals surface area (Å²) < 4.78 is 10.6. The molecule has 8 heteroatoms. The molecule has 0 aromatic heterocycles. The van der Waals surface area contributed by atoms with Gasteiger partial charge >= 0.3 is 12.2 Å². The molecule has 35 heavy (non-hydrogen) atoms. The first-order valence-corrected chi connectivity index (χ1v) is 12.8. The molecule has 0 aromatic rings. The van der Waals surface area contributed by atoms with Crippen LogP contribution in [0.3, 0.4) is 0 Å². The number of carbonyl (C=O) groups excluding carboxylic acids is 3. The predicted octanol–water partition coefficient (Wildman–Crippen LogP) is 5.77. The van der Waals surface area contributed by atoms with E-state index in [4.69, 9.17) is 9.47 Å². The van der Waals surface area contributed by atoms with Gasteiger partial charge < -0.3 is 25.4 Å². The Bertz CT molecular complexity index is 651. The lowest BCUT2D eigenvalue weighted by Gasteiger charge is -2.25. The Morgan fingerprint density at radius 1 is 0.743 bits per heavy atom. The van der Waals surface area contributed by atoms with E-state index in [0.717, 1.165) is 38.5 Å². The fraction of sp³-hybridized carbons (Fsp3) is 0.741. The molecule has 0 aliphatic carbocycles. The van der Waals surface area contributed by atoms with Gasteiger partial charge in [0.1, 0.15) is 17.2 Å². The second-order valence-electron chi connectivity index (χ2n) is 10.8. The third-order valence-electron chi connectivity index (χ3n) is 4.86. The summed E-state index contributed by atoms with van der Waals surface area (Å²) >= 11 is 0. The molecule has 0 heterocycles. The van der Waals surface area contributed by atoms with E-state index in [1.165, 1.54) is 0 Å². The molecular weight excluding hydrogens is 446 g/mol. The van der Waals surface area contributed by atoms with Crippen molar-refractivity contribution in [3.63, 3.8) is 0 Å². The second-order valence-corrected chi connectivity index (χ2v) is 10.8. The smallest absolute Gasteiger partial charge is 0.408 e. The standard InChI is InChI=1S/C27H49N3O5/c1-9-11-13-17-21(18-14-12-10-2)29-23(31)22(30-25(33)35-27(6,7)8)19-15-16-20-28-24(32)34-26(3,4)5/h9-10,21-22H,1-2,11-20H2,3-8H3,(H,28,32)(H,29,31)(H,30,33)/t22-/m0/s1. The van der Waals surface area contributed by atoms with Crippen molar-refractivity contribution >= 4 is 18.1 Å². The van der Waals surface area contributed by atoms with Gasteiger partial charge in [-0.3, -0.25) is 4.79 Å². The SMILES string of the molecule is C=CCCCC(CCCC=C)NC(=O)[C@H](CCCCNC(=O)OC(C)(C)C)NC(=O)OC(C)(C)C.